The summed E-state index contributed by atoms with van der Waals surface area (Å²) in [6.45, 7) is 3.12. The van der Waals surface area contributed by atoms with Crippen LogP contribution in [0.3, 0.4) is 0 Å². The van der Waals surface area contributed by atoms with Crippen LogP contribution in [0.2, 0.25) is 0 Å². The molecule has 35 heavy (non-hydrogen) atoms. The van der Waals surface area contributed by atoms with Gasteiger partial charge in [0.25, 0.3) is 5.91 Å². The molecule has 4 amide bonds. The number of methoxy groups -OCH3 is 1. The molecule has 1 fully saturated rings. The van der Waals surface area contributed by atoms with Crippen LogP contribution < -0.4 is 26.4 Å². The Morgan fingerprint density at radius 1 is 1.26 bits per heavy atom. The molecular weight excluding hydrogens is 457 g/mol. The highest BCUT2D eigenvalue weighted by molar-refractivity contribution is 6.01. The number of nitrogens with two attached hydrogens (primary N) is 1. The topological polar surface area (TPSA) is 155 Å². The molecule has 6 N–H and O–H groups in total. The zero-order chi connectivity index (χ0) is 25.8. The number of aromatic amines is 1. The van der Waals surface area contributed by atoms with Crippen molar-refractivity contribution in [3.05, 3.63) is 30.0 Å². The van der Waals surface area contributed by atoms with Crippen molar-refractivity contribution >= 4 is 34.5 Å². The fraction of sp³-hybridized carbons (Fsp3) is 0.500. The summed E-state index contributed by atoms with van der Waals surface area (Å²) >= 11 is 0. The van der Waals surface area contributed by atoms with Gasteiger partial charge in [-0.15, -0.1) is 0 Å². The number of hydrogen-bond acceptors (Lipinski definition) is 5. The van der Waals surface area contributed by atoms with E-state index in [9.17, 15) is 23.6 Å². The SMILES string of the molecule is COc1cccc2[nH]c(C(=O)NC(CC(C)(C)F)C(=O)NC(C[C@@H]3CCCNC3=O)C(N)=O)cc12. The lowest BCUT2D eigenvalue weighted by atomic mass is 9.91. The average Bonchev–Trinajstić information content (AvgIpc) is 3.23. The molecule has 0 spiro atoms. The zero-order valence-electron chi connectivity index (χ0n) is 20.1. The predicted molar refractivity (Wildman–Crippen MR) is 127 cm³/mol. The number of halogens is 1. The van der Waals surface area contributed by atoms with Gasteiger partial charge in [0, 0.05) is 29.8 Å². The van der Waals surface area contributed by atoms with Crippen LogP contribution in [0, 0.1) is 5.92 Å². The molecule has 1 aromatic carbocycles. The van der Waals surface area contributed by atoms with Crippen molar-refractivity contribution in [2.45, 2.75) is 57.3 Å². The maximum atomic E-state index is 14.5. The summed E-state index contributed by atoms with van der Waals surface area (Å²) in [4.78, 5) is 53.1. The van der Waals surface area contributed by atoms with Gasteiger partial charge in [0.15, 0.2) is 0 Å². The maximum Gasteiger partial charge on any atom is 0.268 e. The van der Waals surface area contributed by atoms with Crippen LogP contribution >= 0.6 is 0 Å². The number of carbonyl (C=O) groups is 4. The summed E-state index contributed by atoms with van der Waals surface area (Å²) in [5.74, 6) is -2.33. The van der Waals surface area contributed by atoms with Crippen molar-refractivity contribution in [2.24, 2.45) is 11.7 Å². The third kappa shape index (κ3) is 6.71. The van der Waals surface area contributed by atoms with E-state index in [1.807, 2.05) is 0 Å². The highest BCUT2D eigenvalue weighted by Crippen LogP contribution is 2.26. The molecular formula is C24H32FN5O5. The van der Waals surface area contributed by atoms with Crippen molar-refractivity contribution in [1.82, 2.24) is 20.9 Å². The Morgan fingerprint density at radius 3 is 2.63 bits per heavy atom. The smallest absolute Gasteiger partial charge is 0.268 e. The zero-order valence-corrected chi connectivity index (χ0v) is 20.1. The van der Waals surface area contributed by atoms with Gasteiger partial charge in [-0.25, -0.2) is 4.39 Å². The van der Waals surface area contributed by atoms with Gasteiger partial charge in [-0.1, -0.05) is 6.07 Å². The molecule has 2 aromatic rings. The fourth-order valence-corrected chi connectivity index (χ4v) is 4.22. The van der Waals surface area contributed by atoms with E-state index in [1.54, 1.807) is 24.3 Å². The summed E-state index contributed by atoms with van der Waals surface area (Å²) in [5.41, 5.74) is 4.48. The number of aromatic nitrogens is 1. The molecule has 3 atom stereocenters. The number of amides is 4. The minimum atomic E-state index is -1.80. The number of piperidine rings is 1. The standard InChI is InChI=1S/C24H32FN5O5/c1-24(2,25)12-18(23(34)29-16(20(26)31)10-13-6-5-9-27-21(13)32)30-22(33)17-11-14-15(28-17)7-4-8-19(14)35-3/h4,7-8,11,13,16,18,28H,5-6,9-10,12H2,1-3H3,(H2,26,31)(H,27,32)(H,29,34)(H,30,33)/t13-,16?,18?/m0/s1. The van der Waals surface area contributed by atoms with E-state index in [0.29, 0.717) is 29.6 Å². The van der Waals surface area contributed by atoms with Gasteiger partial charge < -0.3 is 31.4 Å². The van der Waals surface area contributed by atoms with Crippen LogP contribution in [0.4, 0.5) is 4.39 Å². The maximum absolute atomic E-state index is 14.5. The van der Waals surface area contributed by atoms with Gasteiger partial charge in [0.2, 0.25) is 17.7 Å². The van der Waals surface area contributed by atoms with Crippen molar-refractivity contribution < 1.29 is 28.3 Å². The third-order valence-electron chi connectivity index (χ3n) is 5.98. The normalized spacial score (nSPS) is 17.8. The molecule has 1 aliphatic rings. The van der Waals surface area contributed by atoms with Gasteiger partial charge >= 0.3 is 0 Å². The molecule has 0 radical (unpaired) electrons. The number of benzene rings is 1. The molecule has 3 rings (SSSR count). The van der Waals surface area contributed by atoms with Crippen LogP contribution in [0.5, 0.6) is 5.75 Å². The molecule has 2 unspecified atom stereocenters. The number of rotatable bonds is 10. The Hall–Kier alpha value is -3.63. The molecule has 1 saturated heterocycles. The van der Waals surface area contributed by atoms with Gasteiger partial charge in [0.1, 0.15) is 29.2 Å². The number of alkyl halides is 1. The lowest BCUT2D eigenvalue weighted by molar-refractivity contribution is -0.131. The van der Waals surface area contributed by atoms with Crippen LogP contribution in [0.25, 0.3) is 10.9 Å². The number of carbonyl (C=O) groups excluding carboxylic acids is 4. The number of primary amides is 1. The van der Waals surface area contributed by atoms with Gasteiger partial charge in [-0.05, 0) is 51.3 Å². The van der Waals surface area contributed by atoms with Crippen LogP contribution in [0.1, 0.15) is 50.0 Å². The Bertz CT molecular complexity index is 1110. The lowest BCUT2D eigenvalue weighted by Crippen LogP contribution is -2.55. The Labute approximate surface area is 202 Å². The highest BCUT2D eigenvalue weighted by Gasteiger charge is 2.34. The third-order valence-corrected chi connectivity index (χ3v) is 5.98. The van der Waals surface area contributed by atoms with Gasteiger partial charge in [0.05, 0.1) is 7.11 Å². The fourth-order valence-electron chi connectivity index (χ4n) is 4.22. The van der Waals surface area contributed by atoms with E-state index < -0.39 is 41.4 Å². The summed E-state index contributed by atoms with van der Waals surface area (Å²) in [5, 5.41) is 8.45. The van der Waals surface area contributed by atoms with Gasteiger partial charge in [-0.3, -0.25) is 19.2 Å². The first-order valence-electron chi connectivity index (χ1n) is 11.5. The number of H-pyrrole nitrogens is 1. The van der Waals surface area contributed by atoms with Crippen LogP contribution in [0.15, 0.2) is 24.3 Å². The number of hydrogen-bond donors (Lipinski definition) is 5. The molecule has 0 bridgehead atoms. The Morgan fingerprint density at radius 2 is 2.00 bits per heavy atom. The van der Waals surface area contributed by atoms with E-state index in [1.165, 1.54) is 21.0 Å². The summed E-state index contributed by atoms with van der Waals surface area (Å²) in [6.07, 6.45) is 0.991. The molecule has 0 aliphatic carbocycles. The highest BCUT2D eigenvalue weighted by atomic mass is 19.1. The van der Waals surface area contributed by atoms with E-state index in [4.69, 9.17) is 10.5 Å². The first-order valence-corrected chi connectivity index (χ1v) is 11.5. The Balaban J connectivity index is 1.77. The predicted octanol–water partition coefficient (Wildman–Crippen LogP) is 1.30. The number of fused-ring (bicyclic) bond motifs is 1. The minimum Gasteiger partial charge on any atom is -0.496 e. The largest absolute Gasteiger partial charge is 0.496 e. The molecule has 0 saturated carbocycles. The van der Waals surface area contributed by atoms with E-state index in [2.05, 4.69) is 20.9 Å². The lowest BCUT2D eigenvalue weighted by Gasteiger charge is -2.28. The van der Waals surface area contributed by atoms with E-state index >= 15 is 0 Å². The molecule has 190 valence electrons. The number of ether oxygens (including phenoxy) is 1. The summed E-state index contributed by atoms with van der Waals surface area (Å²) < 4.78 is 19.8. The summed E-state index contributed by atoms with van der Waals surface area (Å²) in [6, 6.07) is 4.41. The van der Waals surface area contributed by atoms with Crippen molar-refractivity contribution in [3.8, 4) is 5.75 Å². The second-order valence-electron chi connectivity index (χ2n) is 9.38. The summed E-state index contributed by atoms with van der Waals surface area (Å²) in [7, 11) is 1.51. The second-order valence-corrected chi connectivity index (χ2v) is 9.38. The van der Waals surface area contributed by atoms with Gasteiger partial charge in [-0.2, -0.15) is 0 Å². The molecule has 1 aliphatic heterocycles. The minimum absolute atomic E-state index is 0.0222. The quantitative estimate of drug-likeness (QED) is 0.340. The average molecular weight is 490 g/mol. The second kappa shape index (κ2) is 10.7. The first kappa shape index (κ1) is 26.0. The molecule has 2 heterocycles. The molecule has 11 heteroatoms. The first-order chi connectivity index (χ1) is 16.5. The molecule has 10 nitrogen and oxygen atoms in total. The number of nitrogens with one attached hydrogen (secondary N) is 4. The van der Waals surface area contributed by atoms with Crippen molar-refractivity contribution in [1.29, 1.82) is 0 Å². The Kier molecular flexibility index (Phi) is 7.98. The van der Waals surface area contributed by atoms with E-state index in [0.717, 1.165) is 6.42 Å². The van der Waals surface area contributed by atoms with Crippen molar-refractivity contribution in [2.75, 3.05) is 13.7 Å². The van der Waals surface area contributed by atoms with Crippen molar-refractivity contribution in [3.63, 3.8) is 0 Å². The molecule has 1 aromatic heterocycles. The van der Waals surface area contributed by atoms with Crippen LogP contribution in [-0.4, -0.2) is 60.0 Å². The van der Waals surface area contributed by atoms with Crippen LogP contribution in [-0.2, 0) is 14.4 Å². The van der Waals surface area contributed by atoms with E-state index in [-0.39, 0.29) is 24.4 Å². The monoisotopic (exact) mass is 489 g/mol.